The summed E-state index contributed by atoms with van der Waals surface area (Å²) >= 11 is 0. The molecule has 0 saturated carbocycles. The Kier molecular flexibility index (Phi) is 2.96. The summed E-state index contributed by atoms with van der Waals surface area (Å²) in [5, 5.41) is 3.11. The fraction of sp³-hybridized carbons (Fsp3) is 0.300. The second-order valence-corrected chi connectivity index (χ2v) is 3.47. The molecular formula is C10H15N3O. The summed E-state index contributed by atoms with van der Waals surface area (Å²) in [6.45, 7) is 3.96. The third kappa shape index (κ3) is 2.39. The Morgan fingerprint density at radius 1 is 1.43 bits per heavy atom. The molecule has 0 atom stereocenters. The number of carbonyl (C=O) groups is 1. The van der Waals surface area contributed by atoms with Gasteiger partial charge in [0.25, 0.3) is 5.91 Å². The van der Waals surface area contributed by atoms with E-state index in [1.54, 1.807) is 18.2 Å². The number of nitrogens with two attached hydrogens (primary N) is 2. The number of hydrogen-bond acceptors (Lipinski definition) is 3. The van der Waals surface area contributed by atoms with Gasteiger partial charge in [-0.2, -0.15) is 0 Å². The lowest BCUT2D eigenvalue weighted by Crippen LogP contribution is -2.17. The summed E-state index contributed by atoms with van der Waals surface area (Å²) in [6.07, 6.45) is 0. The van der Waals surface area contributed by atoms with Crippen molar-refractivity contribution in [2.24, 2.45) is 5.73 Å². The summed E-state index contributed by atoms with van der Waals surface area (Å²) in [5.74, 6) is -0.451. The normalized spacial score (nSPS) is 10.2. The highest BCUT2D eigenvalue weighted by atomic mass is 16.1. The van der Waals surface area contributed by atoms with Crippen LogP contribution in [0.25, 0.3) is 0 Å². The van der Waals surface area contributed by atoms with Crippen molar-refractivity contribution in [1.82, 2.24) is 0 Å². The maximum atomic E-state index is 11.1. The van der Waals surface area contributed by atoms with E-state index in [0.717, 1.165) is 0 Å². The van der Waals surface area contributed by atoms with E-state index in [4.69, 9.17) is 11.5 Å². The Morgan fingerprint density at radius 3 is 2.57 bits per heavy atom. The SMILES string of the molecule is CC(C)Nc1cc(N)ccc1C(N)=O. The van der Waals surface area contributed by atoms with Gasteiger partial charge in [0.2, 0.25) is 0 Å². The molecule has 0 bridgehead atoms. The summed E-state index contributed by atoms with van der Waals surface area (Å²) < 4.78 is 0. The molecule has 14 heavy (non-hydrogen) atoms. The molecule has 5 N–H and O–H groups in total. The van der Waals surface area contributed by atoms with Gasteiger partial charge in [-0.1, -0.05) is 0 Å². The largest absolute Gasteiger partial charge is 0.399 e. The number of hydrogen-bond donors (Lipinski definition) is 3. The minimum atomic E-state index is -0.451. The first-order valence-electron chi connectivity index (χ1n) is 4.46. The molecule has 1 amide bonds. The quantitative estimate of drug-likeness (QED) is 0.631. The summed E-state index contributed by atoms with van der Waals surface area (Å²) in [6, 6.07) is 5.23. The number of amides is 1. The highest BCUT2D eigenvalue weighted by Crippen LogP contribution is 2.19. The van der Waals surface area contributed by atoms with Crippen molar-refractivity contribution in [3.63, 3.8) is 0 Å². The predicted molar refractivity (Wildman–Crippen MR) is 58.1 cm³/mol. The second kappa shape index (κ2) is 4.00. The number of benzene rings is 1. The van der Waals surface area contributed by atoms with Crippen LogP contribution in [0.5, 0.6) is 0 Å². The second-order valence-electron chi connectivity index (χ2n) is 3.47. The van der Waals surface area contributed by atoms with Crippen LogP contribution in [0.2, 0.25) is 0 Å². The zero-order valence-corrected chi connectivity index (χ0v) is 8.37. The van der Waals surface area contributed by atoms with Crippen molar-refractivity contribution in [3.8, 4) is 0 Å². The van der Waals surface area contributed by atoms with Crippen molar-refractivity contribution in [2.75, 3.05) is 11.1 Å². The molecule has 0 spiro atoms. The van der Waals surface area contributed by atoms with Crippen molar-refractivity contribution < 1.29 is 4.79 Å². The highest BCUT2D eigenvalue weighted by Gasteiger charge is 2.08. The smallest absolute Gasteiger partial charge is 0.250 e. The fourth-order valence-corrected chi connectivity index (χ4v) is 1.21. The number of anilines is 2. The van der Waals surface area contributed by atoms with Gasteiger partial charge in [-0.25, -0.2) is 0 Å². The van der Waals surface area contributed by atoms with Crippen LogP contribution in [0.4, 0.5) is 11.4 Å². The Hall–Kier alpha value is -1.71. The first-order valence-corrected chi connectivity index (χ1v) is 4.46. The van der Waals surface area contributed by atoms with Gasteiger partial charge in [-0.15, -0.1) is 0 Å². The Balaban J connectivity index is 3.09. The summed E-state index contributed by atoms with van der Waals surface area (Å²) in [7, 11) is 0. The molecule has 4 heteroatoms. The van der Waals surface area contributed by atoms with Gasteiger partial charge < -0.3 is 16.8 Å². The number of nitrogen functional groups attached to an aromatic ring is 1. The van der Waals surface area contributed by atoms with Gasteiger partial charge in [0.1, 0.15) is 0 Å². The van der Waals surface area contributed by atoms with Gasteiger partial charge in [-0.3, -0.25) is 4.79 Å². The number of carbonyl (C=O) groups excluding carboxylic acids is 1. The maximum Gasteiger partial charge on any atom is 0.250 e. The highest BCUT2D eigenvalue weighted by molar-refractivity contribution is 5.99. The van der Waals surface area contributed by atoms with E-state index in [1.807, 2.05) is 13.8 Å². The van der Waals surface area contributed by atoms with Gasteiger partial charge >= 0.3 is 0 Å². The summed E-state index contributed by atoms with van der Waals surface area (Å²) in [5.41, 5.74) is 12.6. The number of nitrogens with one attached hydrogen (secondary N) is 1. The van der Waals surface area contributed by atoms with Crippen LogP contribution >= 0.6 is 0 Å². The molecule has 0 aliphatic heterocycles. The van der Waals surface area contributed by atoms with E-state index in [1.165, 1.54) is 0 Å². The number of primary amides is 1. The van der Waals surface area contributed by atoms with Crippen molar-refractivity contribution in [2.45, 2.75) is 19.9 Å². The molecule has 76 valence electrons. The lowest BCUT2D eigenvalue weighted by atomic mass is 10.1. The molecule has 4 nitrogen and oxygen atoms in total. The third-order valence-corrected chi connectivity index (χ3v) is 1.75. The van der Waals surface area contributed by atoms with Crippen LogP contribution in [0.3, 0.4) is 0 Å². The predicted octanol–water partition coefficient (Wildman–Crippen LogP) is 1.19. The molecular weight excluding hydrogens is 178 g/mol. The Morgan fingerprint density at radius 2 is 2.07 bits per heavy atom. The standard InChI is InChI=1S/C10H15N3O/c1-6(2)13-9-5-7(11)3-4-8(9)10(12)14/h3-6,13H,11H2,1-2H3,(H2,12,14). The van der Waals surface area contributed by atoms with Crippen LogP contribution in [-0.2, 0) is 0 Å². The van der Waals surface area contributed by atoms with E-state index in [2.05, 4.69) is 5.32 Å². The average Bonchev–Trinajstić information content (AvgIpc) is 2.01. The molecule has 1 aromatic rings. The number of rotatable bonds is 3. The lowest BCUT2D eigenvalue weighted by Gasteiger charge is -2.13. The molecule has 0 aliphatic carbocycles. The van der Waals surface area contributed by atoms with Crippen LogP contribution in [0, 0.1) is 0 Å². The van der Waals surface area contributed by atoms with E-state index in [9.17, 15) is 4.79 Å². The molecule has 0 heterocycles. The minimum Gasteiger partial charge on any atom is -0.399 e. The van der Waals surface area contributed by atoms with Crippen molar-refractivity contribution in [1.29, 1.82) is 0 Å². The van der Waals surface area contributed by atoms with E-state index in [0.29, 0.717) is 16.9 Å². The van der Waals surface area contributed by atoms with E-state index < -0.39 is 5.91 Å². The zero-order chi connectivity index (χ0) is 10.7. The first-order chi connectivity index (χ1) is 6.50. The first kappa shape index (κ1) is 10.4. The molecule has 0 radical (unpaired) electrons. The van der Waals surface area contributed by atoms with Crippen molar-refractivity contribution >= 4 is 17.3 Å². The van der Waals surface area contributed by atoms with Crippen LogP contribution < -0.4 is 16.8 Å². The molecule has 0 saturated heterocycles. The van der Waals surface area contributed by atoms with Crippen molar-refractivity contribution in [3.05, 3.63) is 23.8 Å². The lowest BCUT2D eigenvalue weighted by molar-refractivity contribution is 0.100. The Labute approximate surface area is 83.3 Å². The molecule has 1 aromatic carbocycles. The van der Waals surface area contributed by atoms with E-state index >= 15 is 0 Å². The Bertz CT molecular complexity index is 347. The molecule has 0 aliphatic rings. The van der Waals surface area contributed by atoms with Gasteiger partial charge in [-0.05, 0) is 32.0 Å². The van der Waals surface area contributed by atoms with Gasteiger partial charge in [0.15, 0.2) is 0 Å². The molecule has 1 rings (SSSR count). The third-order valence-electron chi connectivity index (χ3n) is 1.75. The summed E-state index contributed by atoms with van der Waals surface area (Å²) in [4.78, 5) is 11.1. The molecule has 0 fully saturated rings. The topological polar surface area (TPSA) is 81.1 Å². The van der Waals surface area contributed by atoms with Crippen LogP contribution in [-0.4, -0.2) is 11.9 Å². The van der Waals surface area contributed by atoms with E-state index in [-0.39, 0.29) is 6.04 Å². The van der Waals surface area contributed by atoms with Gasteiger partial charge in [0, 0.05) is 17.4 Å². The zero-order valence-electron chi connectivity index (χ0n) is 8.37. The van der Waals surface area contributed by atoms with Crippen LogP contribution in [0.15, 0.2) is 18.2 Å². The molecule has 0 unspecified atom stereocenters. The monoisotopic (exact) mass is 193 g/mol. The average molecular weight is 193 g/mol. The van der Waals surface area contributed by atoms with Crippen LogP contribution in [0.1, 0.15) is 24.2 Å². The maximum absolute atomic E-state index is 11.1. The molecule has 0 aromatic heterocycles. The fourth-order valence-electron chi connectivity index (χ4n) is 1.21. The minimum absolute atomic E-state index is 0.231. The van der Waals surface area contributed by atoms with Gasteiger partial charge in [0.05, 0.1) is 5.56 Å².